The second-order valence-electron chi connectivity index (χ2n) is 6.84. The van der Waals surface area contributed by atoms with Gasteiger partial charge in [0, 0.05) is 50.7 Å². The first-order valence-corrected chi connectivity index (χ1v) is 8.55. The van der Waals surface area contributed by atoms with Gasteiger partial charge in [-0.3, -0.25) is 4.90 Å². The fraction of sp³-hybridized carbons (Fsp3) is 0.824. The summed E-state index contributed by atoms with van der Waals surface area (Å²) >= 11 is 0. The van der Waals surface area contributed by atoms with Gasteiger partial charge in [-0.15, -0.1) is 0 Å². The summed E-state index contributed by atoms with van der Waals surface area (Å²) in [6.45, 7) is 13.5. The molecule has 0 spiro atoms. The Balaban J connectivity index is 1.92. The van der Waals surface area contributed by atoms with Gasteiger partial charge in [0.25, 0.3) is 0 Å². The van der Waals surface area contributed by atoms with Crippen LogP contribution in [0.1, 0.15) is 45.9 Å². The van der Waals surface area contributed by atoms with Gasteiger partial charge in [0.15, 0.2) is 0 Å². The smallest absolute Gasteiger partial charge is 0.105 e. The Kier molecular flexibility index (Phi) is 6.24. The van der Waals surface area contributed by atoms with Gasteiger partial charge in [0.2, 0.25) is 0 Å². The van der Waals surface area contributed by atoms with Crippen molar-refractivity contribution in [3.63, 3.8) is 0 Å². The summed E-state index contributed by atoms with van der Waals surface area (Å²) in [6, 6.07) is 1.35. The van der Waals surface area contributed by atoms with E-state index in [-0.39, 0.29) is 0 Å². The molecule has 2 atom stereocenters. The van der Waals surface area contributed by atoms with Gasteiger partial charge in [-0.2, -0.15) is 0 Å². The van der Waals surface area contributed by atoms with E-state index in [0.717, 1.165) is 31.4 Å². The van der Waals surface area contributed by atoms with Crippen molar-refractivity contribution >= 4 is 0 Å². The quantitative estimate of drug-likeness (QED) is 0.839. The second-order valence-corrected chi connectivity index (χ2v) is 6.84. The highest BCUT2D eigenvalue weighted by Crippen LogP contribution is 2.16. The Hall–Kier alpha value is -0.870. The second kappa shape index (κ2) is 7.95. The predicted octanol–water partition coefficient (Wildman–Crippen LogP) is 2.68. The average molecular weight is 292 g/mol. The molecule has 2 heterocycles. The van der Waals surface area contributed by atoms with Gasteiger partial charge in [0.1, 0.15) is 5.82 Å². The SMILES string of the molecule is CCCC1CNC(CC(C)C)CN1CCn1ccnc1C. The van der Waals surface area contributed by atoms with E-state index >= 15 is 0 Å². The molecule has 1 fully saturated rings. The summed E-state index contributed by atoms with van der Waals surface area (Å²) in [5.41, 5.74) is 0. The van der Waals surface area contributed by atoms with Crippen LogP contribution >= 0.6 is 0 Å². The van der Waals surface area contributed by atoms with Crippen LogP contribution in [0.5, 0.6) is 0 Å². The Morgan fingerprint density at radius 3 is 2.81 bits per heavy atom. The summed E-state index contributed by atoms with van der Waals surface area (Å²) < 4.78 is 2.27. The zero-order valence-electron chi connectivity index (χ0n) is 14.2. The molecule has 4 heteroatoms. The van der Waals surface area contributed by atoms with Crippen LogP contribution in [0.3, 0.4) is 0 Å². The van der Waals surface area contributed by atoms with Crippen LogP contribution in [0.25, 0.3) is 0 Å². The van der Waals surface area contributed by atoms with E-state index in [1.165, 1.54) is 25.8 Å². The van der Waals surface area contributed by atoms with Crippen molar-refractivity contribution in [2.75, 3.05) is 19.6 Å². The lowest BCUT2D eigenvalue weighted by atomic mass is 9.98. The molecule has 1 aliphatic rings. The Bertz CT molecular complexity index is 413. The van der Waals surface area contributed by atoms with E-state index in [4.69, 9.17) is 0 Å². The minimum atomic E-state index is 0.655. The third-order valence-electron chi connectivity index (χ3n) is 4.54. The lowest BCUT2D eigenvalue weighted by Gasteiger charge is -2.41. The number of aromatic nitrogens is 2. The third kappa shape index (κ3) is 4.82. The van der Waals surface area contributed by atoms with Crippen molar-refractivity contribution in [2.45, 2.75) is 65.6 Å². The first-order chi connectivity index (χ1) is 10.1. The van der Waals surface area contributed by atoms with Gasteiger partial charge in [0.05, 0.1) is 0 Å². The van der Waals surface area contributed by atoms with Crippen molar-refractivity contribution in [3.8, 4) is 0 Å². The highest BCUT2D eigenvalue weighted by Gasteiger charge is 2.27. The maximum absolute atomic E-state index is 4.32. The number of hydrogen-bond acceptors (Lipinski definition) is 3. The van der Waals surface area contributed by atoms with Crippen molar-refractivity contribution in [3.05, 3.63) is 18.2 Å². The molecule has 1 aliphatic heterocycles. The number of aryl methyl sites for hydroxylation is 1. The number of rotatable bonds is 7. The molecule has 0 aliphatic carbocycles. The van der Waals surface area contributed by atoms with Crippen LogP contribution in [0, 0.1) is 12.8 Å². The lowest BCUT2D eigenvalue weighted by Crippen LogP contribution is -2.57. The molecule has 1 aromatic rings. The summed E-state index contributed by atoms with van der Waals surface area (Å²) in [6.07, 6.45) is 7.84. The van der Waals surface area contributed by atoms with E-state index in [0.29, 0.717) is 12.1 Å². The summed E-state index contributed by atoms with van der Waals surface area (Å²) in [5, 5.41) is 3.76. The fourth-order valence-corrected chi connectivity index (χ4v) is 3.42. The lowest BCUT2D eigenvalue weighted by molar-refractivity contribution is 0.110. The van der Waals surface area contributed by atoms with Crippen LogP contribution in [0.4, 0.5) is 0 Å². The largest absolute Gasteiger partial charge is 0.334 e. The van der Waals surface area contributed by atoms with Crippen molar-refractivity contribution in [2.24, 2.45) is 5.92 Å². The van der Waals surface area contributed by atoms with E-state index in [2.05, 4.69) is 53.7 Å². The number of hydrogen-bond donors (Lipinski definition) is 1. The van der Waals surface area contributed by atoms with Crippen LogP contribution < -0.4 is 5.32 Å². The number of nitrogens with one attached hydrogen (secondary N) is 1. The minimum Gasteiger partial charge on any atom is -0.334 e. The van der Waals surface area contributed by atoms with E-state index in [1.54, 1.807) is 0 Å². The molecule has 0 aromatic carbocycles. The molecular formula is C17H32N4. The topological polar surface area (TPSA) is 33.1 Å². The molecule has 1 saturated heterocycles. The van der Waals surface area contributed by atoms with Gasteiger partial charge in [-0.05, 0) is 25.7 Å². The molecule has 2 rings (SSSR count). The molecule has 0 saturated carbocycles. The fourth-order valence-electron chi connectivity index (χ4n) is 3.42. The maximum Gasteiger partial charge on any atom is 0.105 e. The molecule has 120 valence electrons. The Labute approximate surface area is 129 Å². The number of imidazole rings is 1. The highest BCUT2D eigenvalue weighted by atomic mass is 15.2. The molecule has 0 amide bonds. The molecule has 0 bridgehead atoms. The molecule has 0 radical (unpaired) electrons. The summed E-state index contributed by atoms with van der Waals surface area (Å²) in [7, 11) is 0. The number of piperazine rings is 1. The zero-order chi connectivity index (χ0) is 15.2. The maximum atomic E-state index is 4.32. The Morgan fingerprint density at radius 1 is 1.38 bits per heavy atom. The van der Waals surface area contributed by atoms with Crippen molar-refractivity contribution < 1.29 is 0 Å². The first-order valence-electron chi connectivity index (χ1n) is 8.55. The molecule has 2 unspecified atom stereocenters. The molecule has 1 N–H and O–H groups in total. The average Bonchev–Trinajstić information content (AvgIpc) is 2.84. The van der Waals surface area contributed by atoms with Gasteiger partial charge in [-0.25, -0.2) is 4.98 Å². The van der Waals surface area contributed by atoms with Crippen LogP contribution in [0.15, 0.2) is 12.4 Å². The molecule has 21 heavy (non-hydrogen) atoms. The molecular weight excluding hydrogens is 260 g/mol. The predicted molar refractivity (Wildman–Crippen MR) is 88.5 cm³/mol. The van der Waals surface area contributed by atoms with Crippen molar-refractivity contribution in [1.82, 2.24) is 19.8 Å². The molecule has 4 nitrogen and oxygen atoms in total. The van der Waals surface area contributed by atoms with E-state index in [1.807, 2.05) is 6.20 Å². The normalized spacial score (nSPS) is 23.9. The van der Waals surface area contributed by atoms with E-state index in [9.17, 15) is 0 Å². The van der Waals surface area contributed by atoms with Gasteiger partial charge < -0.3 is 9.88 Å². The standard InChI is InChI=1S/C17H32N4/c1-5-6-17-12-19-16(11-14(2)3)13-21(17)10-9-20-8-7-18-15(20)4/h7-8,14,16-17,19H,5-6,9-13H2,1-4H3. The monoisotopic (exact) mass is 292 g/mol. The summed E-state index contributed by atoms with van der Waals surface area (Å²) in [4.78, 5) is 7.02. The van der Waals surface area contributed by atoms with Crippen LogP contribution in [-0.4, -0.2) is 46.2 Å². The van der Waals surface area contributed by atoms with Gasteiger partial charge in [-0.1, -0.05) is 27.2 Å². The molecule has 1 aromatic heterocycles. The first kappa shape index (κ1) is 16.5. The van der Waals surface area contributed by atoms with Gasteiger partial charge >= 0.3 is 0 Å². The van der Waals surface area contributed by atoms with Crippen LogP contribution in [-0.2, 0) is 6.54 Å². The van der Waals surface area contributed by atoms with Crippen LogP contribution in [0.2, 0.25) is 0 Å². The zero-order valence-corrected chi connectivity index (χ0v) is 14.2. The van der Waals surface area contributed by atoms with Crippen molar-refractivity contribution in [1.29, 1.82) is 0 Å². The summed E-state index contributed by atoms with van der Waals surface area (Å²) in [5.74, 6) is 1.89. The Morgan fingerprint density at radius 2 is 2.19 bits per heavy atom. The highest BCUT2D eigenvalue weighted by molar-refractivity contribution is 4.90. The third-order valence-corrected chi connectivity index (χ3v) is 4.54. The van der Waals surface area contributed by atoms with E-state index < -0.39 is 0 Å². The number of nitrogens with zero attached hydrogens (tertiary/aromatic N) is 3. The minimum absolute atomic E-state index is 0.655.